The van der Waals surface area contributed by atoms with Crippen LogP contribution in [0.1, 0.15) is 56.7 Å². The smallest absolute Gasteiger partial charge is 0.0794 e. The molecule has 1 aromatic rings. The Morgan fingerprint density at radius 3 is 2.69 bits per heavy atom. The Balaban J connectivity index is 1.96. The van der Waals surface area contributed by atoms with Crippen LogP contribution in [0.25, 0.3) is 0 Å². The van der Waals surface area contributed by atoms with E-state index in [1.165, 1.54) is 37.0 Å². The topological polar surface area (TPSA) is 33.1 Å². The summed E-state index contributed by atoms with van der Waals surface area (Å²) in [6, 6.07) is 0. The molecule has 0 aromatic carbocycles. The average molecular weight is 241 g/mol. The second-order valence-electron chi connectivity index (χ2n) is 4.38. The molecule has 0 aliphatic carbocycles. The summed E-state index contributed by atoms with van der Waals surface area (Å²) in [5.74, 6) is 0. The van der Waals surface area contributed by atoms with Gasteiger partial charge >= 0.3 is 0 Å². The number of aliphatic hydroxyl groups is 1. The van der Waals surface area contributed by atoms with Crippen LogP contribution in [0, 0.1) is 0 Å². The Bertz CT molecular complexity index is 248. The Morgan fingerprint density at radius 2 is 2.00 bits per heavy atom. The van der Waals surface area contributed by atoms with E-state index in [-0.39, 0.29) is 6.10 Å². The molecule has 1 atom stereocenters. The first-order valence-corrected chi connectivity index (χ1v) is 7.26. The summed E-state index contributed by atoms with van der Waals surface area (Å²) in [5, 5.41) is 9.80. The molecule has 0 amide bonds. The van der Waals surface area contributed by atoms with Crippen molar-refractivity contribution in [2.45, 2.75) is 64.4 Å². The van der Waals surface area contributed by atoms with Gasteiger partial charge in [-0.25, -0.2) is 0 Å². The Morgan fingerprint density at radius 1 is 1.25 bits per heavy atom. The molecule has 0 bridgehead atoms. The Labute approximate surface area is 103 Å². The number of aliphatic hydroxyl groups excluding tert-OH is 1. The first-order valence-electron chi connectivity index (χ1n) is 6.38. The normalized spacial score (nSPS) is 12.9. The fourth-order valence-electron chi connectivity index (χ4n) is 1.84. The van der Waals surface area contributed by atoms with Crippen molar-refractivity contribution in [1.29, 1.82) is 0 Å². The molecule has 16 heavy (non-hydrogen) atoms. The van der Waals surface area contributed by atoms with E-state index in [0.717, 1.165) is 19.3 Å². The SMILES string of the molecule is CCCCCCCCC(O)Cc1cncs1. The molecular weight excluding hydrogens is 218 g/mol. The van der Waals surface area contributed by atoms with E-state index in [1.807, 2.05) is 11.7 Å². The summed E-state index contributed by atoms with van der Waals surface area (Å²) < 4.78 is 0. The highest BCUT2D eigenvalue weighted by Crippen LogP contribution is 2.13. The van der Waals surface area contributed by atoms with Crippen molar-refractivity contribution in [1.82, 2.24) is 4.98 Å². The van der Waals surface area contributed by atoms with Crippen LogP contribution in [0.2, 0.25) is 0 Å². The average Bonchev–Trinajstić information content (AvgIpc) is 2.76. The number of aromatic nitrogens is 1. The third kappa shape index (κ3) is 6.23. The molecule has 0 saturated heterocycles. The number of unbranched alkanes of at least 4 members (excludes halogenated alkanes) is 5. The van der Waals surface area contributed by atoms with Gasteiger partial charge in [-0.3, -0.25) is 4.98 Å². The van der Waals surface area contributed by atoms with Crippen LogP contribution in [-0.4, -0.2) is 16.2 Å². The van der Waals surface area contributed by atoms with Crippen molar-refractivity contribution in [3.63, 3.8) is 0 Å². The first kappa shape index (κ1) is 13.7. The summed E-state index contributed by atoms with van der Waals surface area (Å²) in [7, 11) is 0. The summed E-state index contributed by atoms with van der Waals surface area (Å²) in [4.78, 5) is 5.21. The van der Waals surface area contributed by atoms with Crippen molar-refractivity contribution in [3.05, 3.63) is 16.6 Å². The highest BCUT2D eigenvalue weighted by molar-refractivity contribution is 7.09. The monoisotopic (exact) mass is 241 g/mol. The minimum atomic E-state index is -0.174. The zero-order valence-electron chi connectivity index (χ0n) is 10.2. The summed E-state index contributed by atoms with van der Waals surface area (Å²) >= 11 is 1.63. The van der Waals surface area contributed by atoms with Crippen molar-refractivity contribution >= 4 is 11.3 Å². The van der Waals surface area contributed by atoms with Crippen molar-refractivity contribution in [3.8, 4) is 0 Å². The largest absolute Gasteiger partial charge is 0.393 e. The van der Waals surface area contributed by atoms with Crippen LogP contribution >= 0.6 is 11.3 Å². The van der Waals surface area contributed by atoms with Crippen LogP contribution in [-0.2, 0) is 6.42 Å². The molecule has 1 rings (SSSR count). The van der Waals surface area contributed by atoms with Gasteiger partial charge in [0.25, 0.3) is 0 Å². The molecule has 0 aliphatic rings. The van der Waals surface area contributed by atoms with Crippen molar-refractivity contribution in [2.24, 2.45) is 0 Å². The second-order valence-corrected chi connectivity index (χ2v) is 5.35. The van der Waals surface area contributed by atoms with E-state index in [4.69, 9.17) is 0 Å². The zero-order chi connectivity index (χ0) is 11.6. The predicted octanol–water partition coefficient (Wildman–Crippen LogP) is 3.80. The van der Waals surface area contributed by atoms with Gasteiger partial charge in [0, 0.05) is 17.5 Å². The summed E-state index contributed by atoms with van der Waals surface area (Å²) in [6.45, 7) is 2.23. The molecule has 0 spiro atoms. The lowest BCUT2D eigenvalue weighted by molar-refractivity contribution is 0.161. The number of rotatable bonds is 9. The second kappa shape index (κ2) is 8.71. The van der Waals surface area contributed by atoms with Crippen LogP contribution in [0.15, 0.2) is 11.7 Å². The minimum absolute atomic E-state index is 0.174. The van der Waals surface area contributed by atoms with Crippen molar-refractivity contribution in [2.75, 3.05) is 0 Å². The van der Waals surface area contributed by atoms with E-state index in [2.05, 4.69) is 11.9 Å². The molecule has 1 heterocycles. The van der Waals surface area contributed by atoms with Crippen LogP contribution in [0.4, 0.5) is 0 Å². The van der Waals surface area contributed by atoms with Crippen LogP contribution < -0.4 is 0 Å². The molecule has 0 saturated carbocycles. The molecule has 2 nitrogen and oxygen atoms in total. The van der Waals surface area contributed by atoms with E-state index in [9.17, 15) is 5.11 Å². The molecule has 0 aliphatic heterocycles. The first-order chi connectivity index (χ1) is 7.83. The fraction of sp³-hybridized carbons (Fsp3) is 0.769. The summed E-state index contributed by atoms with van der Waals surface area (Å²) in [5.41, 5.74) is 1.83. The number of nitrogens with zero attached hydrogens (tertiary/aromatic N) is 1. The van der Waals surface area contributed by atoms with E-state index >= 15 is 0 Å². The Hall–Kier alpha value is -0.410. The van der Waals surface area contributed by atoms with Crippen molar-refractivity contribution < 1.29 is 5.11 Å². The third-order valence-electron chi connectivity index (χ3n) is 2.81. The maximum atomic E-state index is 9.80. The molecular formula is C13H23NOS. The molecule has 1 aromatic heterocycles. The molecule has 3 heteroatoms. The van der Waals surface area contributed by atoms with Gasteiger partial charge in [-0.1, -0.05) is 45.4 Å². The van der Waals surface area contributed by atoms with E-state index in [0.29, 0.717) is 0 Å². The van der Waals surface area contributed by atoms with Gasteiger partial charge in [0.1, 0.15) is 0 Å². The minimum Gasteiger partial charge on any atom is -0.393 e. The predicted molar refractivity (Wildman–Crippen MR) is 69.8 cm³/mol. The lowest BCUT2D eigenvalue weighted by Crippen LogP contribution is -2.09. The molecule has 0 fully saturated rings. The zero-order valence-corrected chi connectivity index (χ0v) is 11.0. The van der Waals surface area contributed by atoms with Gasteiger partial charge in [0.2, 0.25) is 0 Å². The Kier molecular flexibility index (Phi) is 7.43. The highest BCUT2D eigenvalue weighted by Gasteiger charge is 2.06. The number of hydrogen-bond acceptors (Lipinski definition) is 3. The standard InChI is InChI=1S/C13H23NOS/c1-2-3-4-5-6-7-8-12(15)9-13-10-14-11-16-13/h10-12,15H,2-9H2,1H3. The maximum absolute atomic E-state index is 9.80. The number of thiazole rings is 1. The van der Waals surface area contributed by atoms with Crippen LogP contribution in [0.5, 0.6) is 0 Å². The quantitative estimate of drug-likeness (QED) is 0.667. The van der Waals surface area contributed by atoms with E-state index < -0.39 is 0 Å². The third-order valence-corrected chi connectivity index (χ3v) is 3.61. The van der Waals surface area contributed by atoms with Gasteiger partial charge in [-0.15, -0.1) is 11.3 Å². The number of hydrogen-bond donors (Lipinski definition) is 1. The lowest BCUT2D eigenvalue weighted by atomic mass is 10.1. The highest BCUT2D eigenvalue weighted by atomic mass is 32.1. The van der Waals surface area contributed by atoms with Crippen LogP contribution in [0.3, 0.4) is 0 Å². The summed E-state index contributed by atoms with van der Waals surface area (Å²) in [6.07, 6.45) is 11.1. The van der Waals surface area contributed by atoms with Gasteiger partial charge in [-0.05, 0) is 6.42 Å². The van der Waals surface area contributed by atoms with Gasteiger partial charge in [0.15, 0.2) is 0 Å². The molecule has 1 N–H and O–H groups in total. The van der Waals surface area contributed by atoms with Gasteiger partial charge in [0.05, 0.1) is 11.6 Å². The molecule has 0 radical (unpaired) electrons. The molecule has 1 unspecified atom stereocenters. The maximum Gasteiger partial charge on any atom is 0.0794 e. The molecule has 92 valence electrons. The fourth-order valence-corrected chi connectivity index (χ4v) is 2.50. The van der Waals surface area contributed by atoms with E-state index in [1.54, 1.807) is 11.3 Å². The lowest BCUT2D eigenvalue weighted by Gasteiger charge is -2.08. The van der Waals surface area contributed by atoms with Gasteiger partial charge < -0.3 is 5.11 Å². The van der Waals surface area contributed by atoms with Gasteiger partial charge in [-0.2, -0.15) is 0 Å².